The molecule has 1 unspecified atom stereocenters. The minimum atomic E-state index is -0.603. The van der Waals surface area contributed by atoms with Crippen LogP contribution in [-0.4, -0.2) is 51.6 Å². The second-order valence-electron chi connectivity index (χ2n) is 7.49. The summed E-state index contributed by atoms with van der Waals surface area (Å²) in [5.41, 5.74) is 2.42. The van der Waals surface area contributed by atoms with Crippen molar-refractivity contribution in [3.63, 3.8) is 0 Å². The van der Waals surface area contributed by atoms with Gasteiger partial charge in [-0.05, 0) is 37.6 Å². The lowest BCUT2D eigenvalue weighted by Gasteiger charge is -2.29. The molecule has 0 spiro atoms. The van der Waals surface area contributed by atoms with Crippen molar-refractivity contribution in [1.29, 1.82) is 0 Å². The maximum atomic E-state index is 13.5. The molecule has 0 fully saturated rings. The van der Waals surface area contributed by atoms with Crippen LogP contribution in [0, 0.1) is 0 Å². The van der Waals surface area contributed by atoms with Gasteiger partial charge < -0.3 is 25.2 Å². The fraction of sp³-hybridized carbons (Fsp3) is 0.304. The van der Waals surface area contributed by atoms with Crippen molar-refractivity contribution < 1.29 is 19.4 Å². The maximum absolute atomic E-state index is 13.5. The van der Waals surface area contributed by atoms with Crippen molar-refractivity contribution in [3.05, 3.63) is 65.4 Å². The normalized spacial score (nSPS) is 15.0. The Labute approximate surface area is 191 Å². The van der Waals surface area contributed by atoms with Crippen molar-refractivity contribution in [1.82, 2.24) is 19.7 Å². The van der Waals surface area contributed by atoms with E-state index in [9.17, 15) is 9.90 Å². The smallest absolute Gasteiger partial charge is 0.255 e. The number of rotatable bonds is 8. The van der Waals surface area contributed by atoms with Gasteiger partial charge in [-0.1, -0.05) is 0 Å². The number of benzene rings is 1. The number of aliphatic hydroxyl groups excluding tert-OH is 1. The summed E-state index contributed by atoms with van der Waals surface area (Å²) < 4.78 is 12.7. The Morgan fingerprint density at radius 2 is 2.12 bits per heavy atom. The number of pyridine rings is 1. The number of aromatic nitrogens is 4. The van der Waals surface area contributed by atoms with Crippen LogP contribution in [-0.2, 0) is 11.2 Å². The number of hydrogen-bond donors (Lipinski definition) is 3. The van der Waals surface area contributed by atoms with Gasteiger partial charge >= 0.3 is 0 Å². The predicted molar refractivity (Wildman–Crippen MR) is 122 cm³/mol. The van der Waals surface area contributed by atoms with Crippen molar-refractivity contribution in [3.8, 4) is 11.5 Å². The molecule has 3 N–H and O–H groups in total. The average Bonchev–Trinajstić information content (AvgIpc) is 3.24. The third-order valence-corrected chi connectivity index (χ3v) is 5.35. The van der Waals surface area contributed by atoms with Crippen LogP contribution in [0.3, 0.4) is 0 Å². The SMILES string of the molecule is COc1ccc(C2C(C(=O)Nc3cccnc3)=C(C)Nc3nc(CCCO)nn32)c(OC)c1. The first kappa shape index (κ1) is 22.3. The van der Waals surface area contributed by atoms with E-state index in [1.165, 1.54) is 0 Å². The zero-order chi connectivity index (χ0) is 23.4. The van der Waals surface area contributed by atoms with Crippen LogP contribution in [0.4, 0.5) is 11.6 Å². The molecule has 1 atom stereocenters. The van der Waals surface area contributed by atoms with Gasteiger partial charge in [0.25, 0.3) is 5.91 Å². The number of hydrogen-bond acceptors (Lipinski definition) is 8. The number of methoxy groups -OCH3 is 2. The van der Waals surface area contributed by atoms with Gasteiger partial charge in [0.15, 0.2) is 5.82 Å². The van der Waals surface area contributed by atoms with Gasteiger partial charge in [-0.15, -0.1) is 0 Å². The van der Waals surface area contributed by atoms with Crippen molar-refractivity contribution in [2.75, 3.05) is 31.5 Å². The fourth-order valence-corrected chi connectivity index (χ4v) is 3.80. The maximum Gasteiger partial charge on any atom is 0.255 e. The van der Waals surface area contributed by atoms with Crippen LogP contribution in [0.5, 0.6) is 11.5 Å². The molecule has 0 radical (unpaired) electrons. The molecule has 1 aromatic carbocycles. The van der Waals surface area contributed by atoms with Crippen molar-refractivity contribution in [2.45, 2.75) is 25.8 Å². The minimum Gasteiger partial charge on any atom is -0.497 e. The molecule has 172 valence electrons. The van der Waals surface area contributed by atoms with Gasteiger partial charge in [0.2, 0.25) is 5.95 Å². The Hall–Kier alpha value is -3.92. The highest BCUT2D eigenvalue weighted by Crippen LogP contribution is 2.40. The third kappa shape index (κ3) is 4.51. The van der Waals surface area contributed by atoms with Crippen LogP contribution < -0.4 is 20.1 Å². The largest absolute Gasteiger partial charge is 0.497 e. The molecule has 1 aliphatic heterocycles. The number of allylic oxidation sites excluding steroid dienone is 1. The van der Waals surface area contributed by atoms with Crippen molar-refractivity contribution >= 4 is 17.5 Å². The number of carbonyl (C=O) groups is 1. The highest BCUT2D eigenvalue weighted by molar-refractivity contribution is 6.06. The number of amides is 1. The fourth-order valence-electron chi connectivity index (χ4n) is 3.80. The van der Waals surface area contributed by atoms with E-state index in [1.807, 2.05) is 19.1 Å². The van der Waals surface area contributed by atoms with Crippen LogP contribution in [0.15, 0.2) is 54.0 Å². The first-order chi connectivity index (χ1) is 16.0. The molecule has 0 saturated heterocycles. The molecule has 3 heterocycles. The molecule has 0 bridgehead atoms. The monoisotopic (exact) mass is 450 g/mol. The lowest BCUT2D eigenvalue weighted by Crippen LogP contribution is -2.31. The number of aliphatic hydroxyl groups is 1. The van der Waals surface area contributed by atoms with Gasteiger partial charge in [0, 0.05) is 36.6 Å². The molecular weight excluding hydrogens is 424 g/mol. The number of fused-ring (bicyclic) bond motifs is 1. The lowest BCUT2D eigenvalue weighted by molar-refractivity contribution is -0.113. The minimum absolute atomic E-state index is 0.0447. The summed E-state index contributed by atoms with van der Waals surface area (Å²) in [6, 6.07) is 8.37. The van der Waals surface area contributed by atoms with E-state index < -0.39 is 6.04 Å². The number of carbonyl (C=O) groups excluding carboxylic acids is 1. The Morgan fingerprint density at radius 3 is 2.82 bits per heavy atom. The van der Waals surface area contributed by atoms with Crippen LogP contribution in [0.25, 0.3) is 0 Å². The summed E-state index contributed by atoms with van der Waals surface area (Å²) in [4.78, 5) is 22.1. The van der Waals surface area contributed by atoms with E-state index in [-0.39, 0.29) is 12.5 Å². The lowest BCUT2D eigenvalue weighted by atomic mass is 9.94. The molecule has 1 amide bonds. The number of ether oxygens (including phenoxy) is 2. The molecule has 33 heavy (non-hydrogen) atoms. The van der Waals surface area contributed by atoms with Gasteiger partial charge in [-0.2, -0.15) is 10.1 Å². The number of aryl methyl sites for hydroxylation is 1. The van der Waals surface area contributed by atoms with E-state index in [0.717, 1.165) is 5.56 Å². The van der Waals surface area contributed by atoms with E-state index in [4.69, 9.17) is 9.47 Å². The predicted octanol–water partition coefficient (Wildman–Crippen LogP) is 2.54. The summed E-state index contributed by atoms with van der Waals surface area (Å²) in [5.74, 6) is 1.98. The summed E-state index contributed by atoms with van der Waals surface area (Å²) in [6.45, 7) is 1.87. The first-order valence-corrected chi connectivity index (χ1v) is 10.5. The van der Waals surface area contributed by atoms with Crippen molar-refractivity contribution in [2.24, 2.45) is 0 Å². The van der Waals surface area contributed by atoms with Crippen LogP contribution >= 0.6 is 0 Å². The van der Waals surface area contributed by atoms with E-state index in [2.05, 4.69) is 25.7 Å². The summed E-state index contributed by atoms with van der Waals surface area (Å²) in [7, 11) is 3.15. The summed E-state index contributed by atoms with van der Waals surface area (Å²) in [5, 5.41) is 20.0. The number of anilines is 2. The van der Waals surface area contributed by atoms with Gasteiger partial charge in [0.1, 0.15) is 17.5 Å². The van der Waals surface area contributed by atoms with Gasteiger partial charge in [-0.3, -0.25) is 9.78 Å². The van der Waals surface area contributed by atoms with Crippen LogP contribution in [0.1, 0.15) is 30.8 Å². The van der Waals surface area contributed by atoms with E-state index in [0.29, 0.717) is 53.1 Å². The molecule has 1 aliphatic rings. The Balaban J connectivity index is 1.82. The summed E-state index contributed by atoms with van der Waals surface area (Å²) in [6.07, 6.45) is 4.28. The molecule has 3 aromatic rings. The zero-order valence-electron chi connectivity index (χ0n) is 18.7. The first-order valence-electron chi connectivity index (χ1n) is 10.5. The number of nitrogens with one attached hydrogen (secondary N) is 2. The third-order valence-electron chi connectivity index (χ3n) is 5.35. The van der Waals surface area contributed by atoms with Gasteiger partial charge in [0.05, 0.1) is 31.7 Å². The second-order valence-corrected chi connectivity index (χ2v) is 7.49. The van der Waals surface area contributed by atoms with Crippen LogP contribution in [0.2, 0.25) is 0 Å². The number of nitrogens with zero attached hydrogens (tertiary/aromatic N) is 4. The molecule has 10 nitrogen and oxygen atoms in total. The Morgan fingerprint density at radius 1 is 1.27 bits per heavy atom. The van der Waals surface area contributed by atoms with Gasteiger partial charge in [-0.25, -0.2) is 4.68 Å². The van der Waals surface area contributed by atoms with E-state index >= 15 is 0 Å². The average molecular weight is 450 g/mol. The standard InChI is InChI=1S/C23H26N6O4/c1-14-20(22(31)26-15-6-4-10-24-13-15)21(17-9-8-16(32-2)12-18(17)33-3)29-23(25-14)27-19(28-29)7-5-11-30/h4,6,8-10,12-13,21,30H,5,7,11H2,1-3H3,(H,26,31)(H,25,27,28). The quantitative estimate of drug-likeness (QED) is 0.478. The molecule has 0 aliphatic carbocycles. The highest BCUT2D eigenvalue weighted by atomic mass is 16.5. The highest BCUT2D eigenvalue weighted by Gasteiger charge is 2.36. The molecule has 10 heteroatoms. The molecule has 4 rings (SSSR count). The molecule has 2 aromatic heterocycles. The van der Waals surface area contributed by atoms with E-state index in [1.54, 1.807) is 49.5 Å². The Kier molecular flexibility index (Phi) is 6.55. The zero-order valence-corrected chi connectivity index (χ0v) is 18.7. The molecule has 0 saturated carbocycles. The molecular formula is C23H26N6O4. The topological polar surface area (TPSA) is 123 Å². The second kappa shape index (κ2) is 9.70. The summed E-state index contributed by atoms with van der Waals surface area (Å²) >= 11 is 0. The Bertz CT molecular complexity index is 1170.